The Kier molecular flexibility index (Phi) is 3.17. The Balaban J connectivity index is 2.23. The minimum absolute atomic E-state index is 0.271. The van der Waals surface area contributed by atoms with Gasteiger partial charge in [0.05, 0.1) is 5.54 Å². The van der Waals surface area contributed by atoms with Gasteiger partial charge in [-0.3, -0.25) is 9.69 Å². The van der Waals surface area contributed by atoms with E-state index in [-0.39, 0.29) is 11.3 Å². The molecule has 88 valence electrons. The minimum Gasteiger partial charge on any atom is -0.292 e. The summed E-state index contributed by atoms with van der Waals surface area (Å²) < 4.78 is 0. The van der Waals surface area contributed by atoms with E-state index in [0.29, 0.717) is 0 Å². The molecule has 0 bridgehead atoms. The number of ketones is 1. The molecule has 3 heteroatoms. The highest BCUT2D eigenvalue weighted by Crippen LogP contribution is 2.27. The zero-order valence-electron chi connectivity index (χ0n) is 10.2. The van der Waals surface area contributed by atoms with Crippen molar-refractivity contribution in [1.29, 1.82) is 0 Å². The van der Waals surface area contributed by atoms with Gasteiger partial charge in [0.1, 0.15) is 0 Å². The summed E-state index contributed by atoms with van der Waals surface area (Å²) >= 11 is 1.65. The van der Waals surface area contributed by atoms with Crippen molar-refractivity contribution >= 4 is 17.1 Å². The van der Waals surface area contributed by atoms with Crippen LogP contribution in [0, 0.1) is 6.92 Å². The van der Waals surface area contributed by atoms with Crippen LogP contribution in [0.1, 0.15) is 41.9 Å². The van der Waals surface area contributed by atoms with Crippen molar-refractivity contribution < 1.29 is 4.79 Å². The molecule has 0 radical (unpaired) electrons. The first-order valence-electron chi connectivity index (χ1n) is 5.87. The summed E-state index contributed by atoms with van der Waals surface area (Å²) in [6.07, 6.45) is 2.44. The second kappa shape index (κ2) is 4.30. The molecule has 2 nitrogen and oxygen atoms in total. The van der Waals surface area contributed by atoms with Gasteiger partial charge in [-0.2, -0.15) is 0 Å². The quantitative estimate of drug-likeness (QED) is 0.753. The van der Waals surface area contributed by atoms with Crippen LogP contribution in [-0.2, 0) is 0 Å². The van der Waals surface area contributed by atoms with Gasteiger partial charge >= 0.3 is 0 Å². The van der Waals surface area contributed by atoms with Gasteiger partial charge in [0.2, 0.25) is 0 Å². The number of rotatable bonds is 3. The first-order valence-corrected chi connectivity index (χ1v) is 6.75. The normalized spacial score (nSPS) is 17.9. The molecule has 0 aromatic carbocycles. The smallest absolute Gasteiger partial charge is 0.183 e. The Labute approximate surface area is 101 Å². The zero-order chi connectivity index (χ0) is 11.8. The van der Waals surface area contributed by atoms with Crippen molar-refractivity contribution in [3.8, 4) is 0 Å². The Morgan fingerprint density at radius 2 is 2.00 bits per heavy atom. The van der Waals surface area contributed by atoms with Crippen LogP contribution < -0.4 is 0 Å². The number of hydrogen-bond acceptors (Lipinski definition) is 3. The van der Waals surface area contributed by atoms with Gasteiger partial charge in [-0.1, -0.05) is 0 Å². The summed E-state index contributed by atoms with van der Waals surface area (Å²) in [5, 5.41) is 2.00. The maximum atomic E-state index is 12.5. The average molecular weight is 237 g/mol. The van der Waals surface area contributed by atoms with Crippen molar-refractivity contribution in [3.63, 3.8) is 0 Å². The Bertz CT molecular complexity index is 388. The Hall–Kier alpha value is -0.670. The fourth-order valence-electron chi connectivity index (χ4n) is 2.37. The van der Waals surface area contributed by atoms with Crippen LogP contribution in [0.3, 0.4) is 0 Å². The van der Waals surface area contributed by atoms with Crippen molar-refractivity contribution in [3.05, 3.63) is 21.9 Å². The molecule has 1 aliphatic heterocycles. The Morgan fingerprint density at radius 1 is 1.38 bits per heavy atom. The van der Waals surface area contributed by atoms with E-state index in [4.69, 9.17) is 0 Å². The highest BCUT2D eigenvalue weighted by atomic mass is 32.1. The van der Waals surface area contributed by atoms with Crippen molar-refractivity contribution in [2.24, 2.45) is 0 Å². The summed E-state index contributed by atoms with van der Waals surface area (Å²) in [6.45, 7) is 8.25. The third-order valence-corrected chi connectivity index (χ3v) is 4.40. The van der Waals surface area contributed by atoms with E-state index >= 15 is 0 Å². The lowest BCUT2D eigenvalue weighted by molar-refractivity contribution is 0.0702. The number of nitrogens with zero attached hydrogens (tertiary/aromatic N) is 1. The fourth-order valence-corrected chi connectivity index (χ4v) is 3.07. The lowest BCUT2D eigenvalue weighted by Gasteiger charge is -2.33. The van der Waals surface area contributed by atoms with Gasteiger partial charge in [-0.15, -0.1) is 11.3 Å². The number of Topliss-reactive ketones (excluding diaryl/α,β-unsaturated/α-hetero) is 1. The molecular formula is C13H19NOS. The molecule has 1 aliphatic rings. The number of carbonyl (C=O) groups excluding carboxylic acids is 1. The zero-order valence-corrected chi connectivity index (χ0v) is 11.1. The number of likely N-dealkylation sites (tertiary alicyclic amines) is 1. The average Bonchev–Trinajstić information content (AvgIpc) is 2.86. The van der Waals surface area contributed by atoms with Crippen LogP contribution in [0.25, 0.3) is 0 Å². The molecule has 1 aromatic rings. The molecule has 1 aromatic heterocycles. The van der Waals surface area contributed by atoms with Crippen LogP contribution in [0.4, 0.5) is 0 Å². The molecule has 0 amide bonds. The van der Waals surface area contributed by atoms with Gasteiger partial charge in [0.25, 0.3) is 0 Å². The molecule has 0 saturated carbocycles. The highest BCUT2D eigenvalue weighted by molar-refractivity contribution is 7.10. The Morgan fingerprint density at radius 3 is 2.50 bits per heavy atom. The molecule has 0 N–H and O–H groups in total. The fraction of sp³-hybridized carbons (Fsp3) is 0.615. The number of aryl methyl sites for hydroxylation is 1. The molecule has 0 spiro atoms. The van der Waals surface area contributed by atoms with Crippen molar-refractivity contribution in [2.75, 3.05) is 13.1 Å². The molecule has 2 rings (SSSR count). The van der Waals surface area contributed by atoms with Gasteiger partial charge in [0, 0.05) is 10.4 Å². The van der Waals surface area contributed by atoms with E-state index in [2.05, 4.69) is 18.7 Å². The second-order valence-corrected chi connectivity index (χ2v) is 6.09. The topological polar surface area (TPSA) is 20.3 Å². The number of carbonyl (C=O) groups is 1. The van der Waals surface area contributed by atoms with Gasteiger partial charge in [-0.25, -0.2) is 0 Å². The highest BCUT2D eigenvalue weighted by Gasteiger charge is 2.37. The molecule has 0 aliphatic carbocycles. The molecule has 16 heavy (non-hydrogen) atoms. The first kappa shape index (κ1) is 11.8. The first-order chi connectivity index (χ1) is 7.53. The number of hydrogen-bond donors (Lipinski definition) is 0. The SMILES string of the molecule is Cc1sccc1C(=O)C(C)(C)N1CCCC1. The van der Waals surface area contributed by atoms with Crippen LogP contribution >= 0.6 is 11.3 Å². The van der Waals surface area contributed by atoms with Gasteiger partial charge < -0.3 is 0 Å². The summed E-state index contributed by atoms with van der Waals surface area (Å²) in [5.74, 6) is 0.271. The maximum absolute atomic E-state index is 12.5. The molecule has 0 atom stereocenters. The maximum Gasteiger partial charge on any atom is 0.183 e. The second-order valence-electron chi connectivity index (χ2n) is 4.97. The summed E-state index contributed by atoms with van der Waals surface area (Å²) in [4.78, 5) is 15.9. The molecule has 1 saturated heterocycles. The lowest BCUT2D eigenvalue weighted by Crippen LogP contribution is -2.48. The lowest BCUT2D eigenvalue weighted by atomic mass is 9.92. The van der Waals surface area contributed by atoms with Crippen LogP contribution in [-0.4, -0.2) is 29.3 Å². The predicted molar refractivity (Wildman–Crippen MR) is 68.3 cm³/mol. The van der Waals surface area contributed by atoms with Crippen molar-refractivity contribution in [2.45, 2.75) is 39.2 Å². The third-order valence-electron chi connectivity index (χ3n) is 3.56. The molecule has 0 unspecified atom stereocenters. The van der Waals surface area contributed by atoms with Crippen molar-refractivity contribution in [1.82, 2.24) is 4.90 Å². The van der Waals surface area contributed by atoms with E-state index in [1.807, 2.05) is 18.4 Å². The van der Waals surface area contributed by atoms with E-state index < -0.39 is 0 Å². The molecule has 2 heterocycles. The predicted octanol–water partition coefficient (Wildman–Crippen LogP) is 3.11. The van der Waals surface area contributed by atoms with Gasteiger partial charge in [0.15, 0.2) is 5.78 Å². The van der Waals surface area contributed by atoms with E-state index in [0.717, 1.165) is 23.5 Å². The third kappa shape index (κ3) is 1.94. The summed E-state index contributed by atoms with van der Waals surface area (Å²) in [6, 6.07) is 1.96. The van der Waals surface area contributed by atoms with E-state index in [9.17, 15) is 4.79 Å². The van der Waals surface area contributed by atoms with Crippen LogP contribution in [0.2, 0.25) is 0 Å². The van der Waals surface area contributed by atoms with Gasteiger partial charge in [-0.05, 0) is 58.1 Å². The monoisotopic (exact) mass is 237 g/mol. The van der Waals surface area contributed by atoms with E-state index in [1.54, 1.807) is 11.3 Å². The number of thiophene rings is 1. The summed E-state index contributed by atoms with van der Waals surface area (Å²) in [5.41, 5.74) is 0.560. The molecule has 1 fully saturated rings. The minimum atomic E-state index is -0.345. The molecular weight excluding hydrogens is 218 g/mol. The van der Waals surface area contributed by atoms with Crippen LogP contribution in [0.15, 0.2) is 11.4 Å². The van der Waals surface area contributed by atoms with E-state index in [1.165, 1.54) is 12.8 Å². The largest absolute Gasteiger partial charge is 0.292 e. The van der Waals surface area contributed by atoms with Crippen LogP contribution in [0.5, 0.6) is 0 Å². The standard InChI is InChI=1S/C13H19NOS/c1-10-11(6-9-16-10)12(15)13(2,3)14-7-4-5-8-14/h6,9H,4-5,7-8H2,1-3H3. The summed E-state index contributed by atoms with van der Waals surface area (Å²) in [7, 11) is 0.